The minimum atomic E-state index is -0.836. The molecule has 112 valence electrons. The summed E-state index contributed by atoms with van der Waals surface area (Å²) < 4.78 is 1.88. The van der Waals surface area contributed by atoms with Crippen molar-refractivity contribution in [2.45, 2.75) is 49.9 Å². The highest BCUT2D eigenvalue weighted by Gasteiger charge is 2.46. The van der Waals surface area contributed by atoms with E-state index in [1.165, 1.54) is 0 Å². The fourth-order valence-electron chi connectivity index (χ4n) is 3.61. The highest BCUT2D eigenvalue weighted by molar-refractivity contribution is 6.31. The summed E-state index contributed by atoms with van der Waals surface area (Å²) in [6.07, 6.45) is 5.43. The third kappa shape index (κ3) is 2.60. The molecule has 2 N–H and O–H groups in total. The average molecular weight is 299 g/mol. The number of likely N-dealkylation sites (N-methyl/N-ethyl adjacent to an activating group) is 1. The van der Waals surface area contributed by atoms with Crippen LogP contribution in [0.1, 0.15) is 31.4 Å². The molecule has 0 aliphatic carbocycles. The second-order valence-electron chi connectivity index (χ2n) is 6.45. The lowest BCUT2D eigenvalue weighted by atomic mass is 9.84. The van der Waals surface area contributed by atoms with Crippen LogP contribution in [0, 0.1) is 0 Å². The van der Waals surface area contributed by atoms with E-state index in [-0.39, 0.29) is 0 Å². The molecule has 1 aromatic heterocycles. The highest BCUT2D eigenvalue weighted by atomic mass is 35.5. The standard InChI is InChI=1S/C14H23ClN4O/c1-18(2)5-6-19-13(12(15)9-16-19)14(20)7-10-3-4-11(8-14)17-10/h9-11,17,20H,3-8H2,1-2H3. The van der Waals surface area contributed by atoms with Gasteiger partial charge < -0.3 is 15.3 Å². The molecule has 1 aromatic rings. The maximum atomic E-state index is 11.1. The summed E-state index contributed by atoms with van der Waals surface area (Å²) in [6, 6.07) is 0.819. The van der Waals surface area contributed by atoms with Crippen molar-refractivity contribution in [1.29, 1.82) is 0 Å². The van der Waals surface area contributed by atoms with Crippen LogP contribution in [0.5, 0.6) is 0 Å². The summed E-state index contributed by atoms with van der Waals surface area (Å²) in [5.41, 5.74) is -0.0313. The first kappa shape index (κ1) is 14.3. The zero-order chi connectivity index (χ0) is 14.3. The quantitative estimate of drug-likeness (QED) is 0.877. The number of piperidine rings is 1. The molecule has 2 bridgehead atoms. The molecule has 2 saturated heterocycles. The van der Waals surface area contributed by atoms with Gasteiger partial charge in [0, 0.05) is 18.6 Å². The zero-order valence-corrected chi connectivity index (χ0v) is 12.9. The monoisotopic (exact) mass is 298 g/mol. The fraction of sp³-hybridized carbons (Fsp3) is 0.786. The van der Waals surface area contributed by atoms with Gasteiger partial charge in [0.15, 0.2) is 0 Å². The topological polar surface area (TPSA) is 53.3 Å². The molecule has 3 heterocycles. The van der Waals surface area contributed by atoms with Crippen molar-refractivity contribution < 1.29 is 5.11 Å². The zero-order valence-electron chi connectivity index (χ0n) is 12.1. The number of nitrogens with one attached hydrogen (secondary N) is 1. The number of nitrogens with zero attached hydrogens (tertiary/aromatic N) is 3. The van der Waals surface area contributed by atoms with Gasteiger partial charge in [-0.05, 0) is 39.8 Å². The van der Waals surface area contributed by atoms with E-state index < -0.39 is 5.60 Å². The van der Waals surface area contributed by atoms with Gasteiger partial charge in [-0.25, -0.2) is 0 Å². The highest BCUT2D eigenvalue weighted by Crippen LogP contribution is 2.42. The van der Waals surface area contributed by atoms with Crippen LogP contribution < -0.4 is 5.32 Å². The van der Waals surface area contributed by atoms with Crippen LogP contribution in [0.25, 0.3) is 0 Å². The van der Waals surface area contributed by atoms with Crippen LogP contribution in [-0.2, 0) is 12.1 Å². The molecule has 2 atom stereocenters. The number of rotatable bonds is 4. The Kier molecular flexibility index (Phi) is 3.79. The lowest BCUT2D eigenvalue weighted by molar-refractivity contribution is -0.0192. The third-order valence-corrected chi connectivity index (χ3v) is 4.77. The normalized spacial score (nSPS) is 33.0. The summed E-state index contributed by atoms with van der Waals surface area (Å²) >= 11 is 6.32. The SMILES string of the molecule is CN(C)CCn1ncc(Cl)c1C1(O)CC2CCC(C1)N2. The predicted octanol–water partition coefficient (Wildman–Crippen LogP) is 1.20. The first-order valence-corrected chi connectivity index (χ1v) is 7.71. The van der Waals surface area contributed by atoms with Crippen molar-refractivity contribution in [3.8, 4) is 0 Å². The average Bonchev–Trinajstić information content (AvgIpc) is 2.90. The Morgan fingerprint density at radius 3 is 2.70 bits per heavy atom. The smallest absolute Gasteiger partial charge is 0.111 e. The molecule has 20 heavy (non-hydrogen) atoms. The van der Waals surface area contributed by atoms with Crippen LogP contribution in [0.3, 0.4) is 0 Å². The molecular formula is C14H23ClN4O. The Morgan fingerprint density at radius 2 is 2.10 bits per heavy atom. The lowest BCUT2D eigenvalue weighted by Gasteiger charge is -2.37. The molecule has 2 fully saturated rings. The summed E-state index contributed by atoms with van der Waals surface area (Å²) in [5.74, 6) is 0. The molecule has 0 saturated carbocycles. The van der Waals surface area contributed by atoms with E-state index in [9.17, 15) is 5.11 Å². The van der Waals surface area contributed by atoms with Crippen molar-refractivity contribution in [1.82, 2.24) is 20.0 Å². The van der Waals surface area contributed by atoms with Gasteiger partial charge in [0.25, 0.3) is 0 Å². The molecule has 6 heteroatoms. The Bertz CT molecular complexity index is 476. The Morgan fingerprint density at radius 1 is 1.45 bits per heavy atom. The number of halogens is 1. The van der Waals surface area contributed by atoms with Gasteiger partial charge in [-0.1, -0.05) is 11.6 Å². The van der Waals surface area contributed by atoms with E-state index in [1.54, 1.807) is 6.20 Å². The van der Waals surface area contributed by atoms with Crippen LogP contribution in [-0.4, -0.2) is 52.5 Å². The minimum absolute atomic E-state index is 0.409. The first-order chi connectivity index (χ1) is 9.48. The molecule has 0 spiro atoms. The van der Waals surface area contributed by atoms with Crippen LogP contribution >= 0.6 is 11.6 Å². The summed E-state index contributed by atoms with van der Waals surface area (Å²) in [6.45, 7) is 1.63. The van der Waals surface area contributed by atoms with Crippen LogP contribution in [0.4, 0.5) is 0 Å². The third-order valence-electron chi connectivity index (χ3n) is 4.50. The number of hydrogen-bond acceptors (Lipinski definition) is 4. The van der Waals surface area contributed by atoms with E-state index in [4.69, 9.17) is 11.6 Å². The van der Waals surface area contributed by atoms with E-state index in [2.05, 4.69) is 15.3 Å². The number of aromatic nitrogens is 2. The largest absolute Gasteiger partial charge is 0.383 e. The van der Waals surface area contributed by atoms with Crippen molar-refractivity contribution in [3.05, 3.63) is 16.9 Å². The molecule has 2 unspecified atom stereocenters. The minimum Gasteiger partial charge on any atom is -0.383 e. The van der Waals surface area contributed by atoms with Crippen LogP contribution in [0.15, 0.2) is 6.20 Å². The molecule has 2 aliphatic heterocycles. The fourth-order valence-corrected chi connectivity index (χ4v) is 3.92. The van der Waals surface area contributed by atoms with E-state index in [0.717, 1.165) is 44.5 Å². The summed E-state index contributed by atoms with van der Waals surface area (Å²) in [4.78, 5) is 2.11. The summed E-state index contributed by atoms with van der Waals surface area (Å²) in [5, 5.41) is 19.6. The molecule has 0 amide bonds. The van der Waals surface area contributed by atoms with Gasteiger partial charge in [-0.3, -0.25) is 4.68 Å². The Balaban J connectivity index is 1.87. The Labute approximate surface area is 124 Å². The Hall–Kier alpha value is -0.620. The molecule has 3 rings (SSSR count). The van der Waals surface area contributed by atoms with E-state index >= 15 is 0 Å². The first-order valence-electron chi connectivity index (χ1n) is 7.33. The number of hydrogen-bond donors (Lipinski definition) is 2. The molecule has 0 aromatic carbocycles. The van der Waals surface area contributed by atoms with Crippen molar-refractivity contribution in [2.24, 2.45) is 0 Å². The molecule has 0 radical (unpaired) electrons. The van der Waals surface area contributed by atoms with Crippen molar-refractivity contribution in [3.63, 3.8) is 0 Å². The second-order valence-corrected chi connectivity index (χ2v) is 6.85. The maximum Gasteiger partial charge on any atom is 0.111 e. The van der Waals surface area contributed by atoms with Gasteiger partial charge in [-0.2, -0.15) is 5.10 Å². The van der Waals surface area contributed by atoms with E-state index in [0.29, 0.717) is 17.1 Å². The lowest BCUT2D eigenvalue weighted by Crippen LogP contribution is -2.47. The van der Waals surface area contributed by atoms with Crippen molar-refractivity contribution in [2.75, 3.05) is 20.6 Å². The molecule has 2 aliphatic rings. The molecular weight excluding hydrogens is 276 g/mol. The van der Waals surface area contributed by atoms with E-state index in [1.807, 2.05) is 18.8 Å². The number of aliphatic hydroxyl groups is 1. The van der Waals surface area contributed by atoms with Gasteiger partial charge in [-0.15, -0.1) is 0 Å². The summed E-state index contributed by atoms with van der Waals surface area (Å²) in [7, 11) is 4.06. The number of fused-ring (bicyclic) bond motifs is 2. The predicted molar refractivity (Wildman–Crippen MR) is 78.9 cm³/mol. The molecule has 5 nitrogen and oxygen atoms in total. The van der Waals surface area contributed by atoms with Gasteiger partial charge in [0.05, 0.1) is 23.5 Å². The second kappa shape index (κ2) is 5.30. The maximum absolute atomic E-state index is 11.1. The van der Waals surface area contributed by atoms with Gasteiger partial charge >= 0.3 is 0 Å². The van der Waals surface area contributed by atoms with Crippen LogP contribution in [0.2, 0.25) is 5.02 Å². The van der Waals surface area contributed by atoms with Gasteiger partial charge in [0.1, 0.15) is 5.60 Å². The van der Waals surface area contributed by atoms with Gasteiger partial charge in [0.2, 0.25) is 0 Å². The van der Waals surface area contributed by atoms with Crippen molar-refractivity contribution >= 4 is 11.6 Å².